The number of aliphatic carboxylic acids is 1. The lowest BCUT2D eigenvalue weighted by Gasteiger charge is -2.43. The summed E-state index contributed by atoms with van der Waals surface area (Å²) in [5.74, 6) is -2.19. The summed E-state index contributed by atoms with van der Waals surface area (Å²) in [6, 6.07) is 2.64. The first-order valence-electron chi connectivity index (χ1n) is 6.68. The minimum absolute atomic E-state index is 0.00455. The number of sulfonamides is 1. The van der Waals surface area contributed by atoms with E-state index in [9.17, 15) is 22.7 Å². The van der Waals surface area contributed by atoms with Crippen LogP contribution < -0.4 is 4.72 Å². The highest BCUT2D eigenvalue weighted by Gasteiger charge is 2.53. The molecular weight excluding hydrogens is 313 g/mol. The Bertz CT molecular complexity index is 687. The number of aryl methyl sites for hydroxylation is 2. The zero-order valence-corrected chi connectivity index (χ0v) is 13.3. The smallest absolute Gasteiger partial charge is 0.325 e. The molecule has 6 nitrogen and oxygen atoms in total. The van der Waals surface area contributed by atoms with Crippen molar-refractivity contribution in [3.63, 3.8) is 0 Å². The third-order valence-electron chi connectivity index (χ3n) is 3.87. The van der Waals surface area contributed by atoms with E-state index in [4.69, 9.17) is 4.74 Å². The fraction of sp³-hybridized carbons (Fsp3) is 0.500. The highest BCUT2D eigenvalue weighted by atomic mass is 32.2. The van der Waals surface area contributed by atoms with Crippen molar-refractivity contribution in [3.05, 3.63) is 29.1 Å². The molecule has 0 aliphatic heterocycles. The molecule has 8 heteroatoms. The SMILES string of the molecule is COC1CC(NS(=O)(=O)c2c(C)cc(C)cc2F)(C(=O)O)C1. The van der Waals surface area contributed by atoms with Crippen LogP contribution in [-0.2, 0) is 19.6 Å². The van der Waals surface area contributed by atoms with E-state index in [2.05, 4.69) is 4.72 Å². The van der Waals surface area contributed by atoms with Crippen molar-refractivity contribution >= 4 is 16.0 Å². The van der Waals surface area contributed by atoms with Crippen LogP contribution in [0.5, 0.6) is 0 Å². The van der Waals surface area contributed by atoms with Gasteiger partial charge in [0.15, 0.2) is 0 Å². The van der Waals surface area contributed by atoms with Crippen molar-refractivity contribution in [1.82, 2.24) is 4.72 Å². The first kappa shape index (κ1) is 16.9. The Kier molecular flexibility index (Phi) is 4.29. The minimum atomic E-state index is -4.29. The van der Waals surface area contributed by atoms with E-state index in [-0.39, 0.29) is 24.5 Å². The Hall–Kier alpha value is -1.51. The first-order chi connectivity index (χ1) is 10.1. The molecule has 0 atom stereocenters. The molecule has 0 saturated heterocycles. The van der Waals surface area contributed by atoms with Crippen molar-refractivity contribution in [2.45, 2.75) is 43.2 Å². The van der Waals surface area contributed by atoms with Gasteiger partial charge in [0.05, 0.1) is 6.10 Å². The van der Waals surface area contributed by atoms with Crippen LogP contribution in [0.2, 0.25) is 0 Å². The van der Waals surface area contributed by atoms with E-state index >= 15 is 0 Å². The molecule has 1 aliphatic rings. The molecule has 0 heterocycles. The van der Waals surface area contributed by atoms with Gasteiger partial charge in [-0.2, -0.15) is 4.72 Å². The van der Waals surface area contributed by atoms with E-state index in [1.807, 2.05) is 0 Å². The topological polar surface area (TPSA) is 92.7 Å². The standard InChI is InChI=1S/C14H18FNO5S/c1-8-4-9(2)12(11(15)5-8)22(19,20)16-14(13(17)18)6-10(7-14)21-3/h4-5,10,16H,6-7H2,1-3H3,(H,17,18). The average Bonchev–Trinajstić information content (AvgIpc) is 2.30. The molecule has 22 heavy (non-hydrogen) atoms. The number of rotatable bonds is 5. The lowest BCUT2D eigenvalue weighted by atomic mass is 9.75. The number of halogens is 1. The van der Waals surface area contributed by atoms with Gasteiger partial charge in [0, 0.05) is 20.0 Å². The van der Waals surface area contributed by atoms with Gasteiger partial charge in [-0.3, -0.25) is 4.79 Å². The molecule has 1 fully saturated rings. The summed E-state index contributed by atoms with van der Waals surface area (Å²) >= 11 is 0. The number of methoxy groups -OCH3 is 1. The normalized spacial score (nSPS) is 24.8. The number of ether oxygens (including phenoxy) is 1. The number of benzene rings is 1. The summed E-state index contributed by atoms with van der Waals surface area (Å²) in [5.41, 5.74) is -0.832. The molecule has 2 rings (SSSR count). The van der Waals surface area contributed by atoms with Crippen molar-refractivity contribution in [2.24, 2.45) is 0 Å². The zero-order chi connectivity index (χ0) is 16.7. The number of hydrogen-bond donors (Lipinski definition) is 2. The Morgan fingerprint density at radius 3 is 2.45 bits per heavy atom. The molecule has 0 unspecified atom stereocenters. The van der Waals surface area contributed by atoms with Crippen molar-refractivity contribution in [2.75, 3.05) is 7.11 Å². The van der Waals surface area contributed by atoms with Crippen molar-refractivity contribution < 1.29 is 27.4 Å². The van der Waals surface area contributed by atoms with Gasteiger partial charge in [0.1, 0.15) is 16.3 Å². The van der Waals surface area contributed by atoms with Crippen LogP contribution in [0.1, 0.15) is 24.0 Å². The molecule has 0 radical (unpaired) electrons. The number of carboxylic acid groups (broad SMARTS) is 1. The molecule has 1 aromatic carbocycles. The fourth-order valence-electron chi connectivity index (χ4n) is 2.74. The maximum Gasteiger partial charge on any atom is 0.325 e. The molecule has 1 saturated carbocycles. The van der Waals surface area contributed by atoms with Crippen LogP contribution in [0.4, 0.5) is 4.39 Å². The van der Waals surface area contributed by atoms with Gasteiger partial charge < -0.3 is 9.84 Å². The van der Waals surface area contributed by atoms with E-state index in [0.29, 0.717) is 5.56 Å². The van der Waals surface area contributed by atoms with E-state index in [1.54, 1.807) is 6.92 Å². The molecule has 0 aromatic heterocycles. The average molecular weight is 331 g/mol. The maximum absolute atomic E-state index is 14.1. The molecular formula is C14H18FNO5S. The van der Waals surface area contributed by atoms with Gasteiger partial charge in [-0.15, -0.1) is 0 Å². The van der Waals surface area contributed by atoms with Gasteiger partial charge in [0.2, 0.25) is 10.0 Å². The van der Waals surface area contributed by atoms with Crippen LogP contribution in [0.25, 0.3) is 0 Å². The molecule has 0 amide bonds. The molecule has 0 bridgehead atoms. The second-order valence-corrected chi connectivity index (χ2v) is 7.27. The third kappa shape index (κ3) is 2.86. The monoisotopic (exact) mass is 331 g/mol. The molecule has 122 valence electrons. The second-order valence-electron chi connectivity index (χ2n) is 5.65. The van der Waals surface area contributed by atoms with Gasteiger partial charge in [0.25, 0.3) is 0 Å². The van der Waals surface area contributed by atoms with Crippen LogP contribution in [0, 0.1) is 19.7 Å². The Labute approximate surface area is 128 Å². The highest BCUT2D eigenvalue weighted by Crippen LogP contribution is 2.36. The number of hydrogen-bond acceptors (Lipinski definition) is 4. The Balaban J connectivity index is 2.38. The largest absolute Gasteiger partial charge is 0.480 e. The zero-order valence-electron chi connectivity index (χ0n) is 12.5. The predicted molar refractivity (Wildman–Crippen MR) is 76.6 cm³/mol. The van der Waals surface area contributed by atoms with Crippen LogP contribution >= 0.6 is 0 Å². The van der Waals surface area contributed by atoms with Gasteiger partial charge in [-0.25, -0.2) is 12.8 Å². The van der Waals surface area contributed by atoms with E-state index in [0.717, 1.165) is 6.07 Å². The predicted octanol–water partition coefficient (Wildman–Crippen LogP) is 1.35. The Morgan fingerprint density at radius 1 is 1.41 bits per heavy atom. The second kappa shape index (κ2) is 5.60. The molecule has 0 spiro atoms. The summed E-state index contributed by atoms with van der Waals surface area (Å²) in [6.45, 7) is 3.12. The third-order valence-corrected chi connectivity index (χ3v) is 5.58. The van der Waals surface area contributed by atoms with Crippen molar-refractivity contribution in [3.8, 4) is 0 Å². The lowest BCUT2D eigenvalue weighted by molar-refractivity contribution is -0.154. The quantitative estimate of drug-likeness (QED) is 0.850. The molecule has 2 N–H and O–H groups in total. The first-order valence-corrected chi connectivity index (χ1v) is 8.16. The van der Waals surface area contributed by atoms with Crippen LogP contribution in [0.3, 0.4) is 0 Å². The lowest BCUT2D eigenvalue weighted by Crippen LogP contribution is -2.64. The molecule has 1 aromatic rings. The van der Waals surface area contributed by atoms with Crippen LogP contribution in [0.15, 0.2) is 17.0 Å². The van der Waals surface area contributed by atoms with Gasteiger partial charge >= 0.3 is 5.97 Å². The summed E-state index contributed by atoms with van der Waals surface area (Å²) in [5, 5.41) is 9.31. The van der Waals surface area contributed by atoms with Crippen LogP contribution in [-0.4, -0.2) is 38.2 Å². The Morgan fingerprint density at radius 2 is 2.00 bits per heavy atom. The van der Waals surface area contributed by atoms with Gasteiger partial charge in [-0.05, 0) is 31.0 Å². The highest BCUT2D eigenvalue weighted by molar-refractivity contribution is 7.89. The number of carboxylic acids is 1. The summed E-state index contributed by atoms with van der Waals surface area (Å²) in [4.78, 5) is 10.9. The van der Waals surface area contributed by atoms with Gasteiger partial charge in [-0.1, -0.05) is 6.07 Å². The summed E-state index contributed by atoms with van der Waals surface area (Å²) < 4.78 is 46.1. The molecule has 1 aliphatic carbocycles. The number of carbonyl (C=O) groups is 1. The van der Waals surface area contributed by atoms with Crippen molar-refractivity contribution in [1.29, 1.82) is 0 Å². The van der Waals surface area contributed by atoms with E-state index in [1.165, 1.54) is 20.1 Å². The maximum atomic E-state index is 14.1. The fourth-order valence-corrected chi connectivity index (χ4v) is 4.41. The summed E-state index contributed by atoms with van der Waals surface area (Å²) in [6.07, 6.45) is -0.322. The van der Waals surface area contributed by atoms with E-state index < -0.39 is 32.2 Å². The summed E-state index contributed by atoms with van der Waals surface area (Å²) in [7, 11) is -2.87. The number of nitrogens with one attached hydrogen (secondary N) is 1. The minimum Gasteiger partial charge on any atom is -0.480 e.